The molecule has 28 heavy (non-hydrogen) atoms. The summed E-state index contributed by atoms with van der Waals surface area (Å²) in [4.78, 5) is 26.3. The van der Waals surface area contributed by atoms with Crippen LogP contribution in [0.4, 0.5) is 0 Å². The maximum atomic E-state index is 13.7. The van der Waals surface area contributed by atoms with Crippen molar-refractivity contribution in [2.24, 2.45) is 11.3 Å². The van der Waals surface area contributed by atoms with E-state index >= 15 is 0 Å². The first-order valence-corrected chi connectivity index (χ1v) is 9.37. The number of rotatable bonds is 5. The number of nitrogens with zero attached hydrogens (tertiary/aromatic N) is 1. The Morgan fingerprint density at radius 1 is 1.11 bits per heavy atom. The van der Waals surface area contributed by atoms with Crippen molar-refractivity contribution in [3.8, 4) is 6.07 Å². The number of Topliss-reactive ketones (excluding diaryl/α,β-unsaturated/α-hetero) is 1. The molecule has 0 aliphatic heterocycles. The summed E-state index contributed by atoms with van der Waals surface area (Å²) in [6.07, 6.45) is 2.33. The zero-order valence-electron chi connectivity index (χ0n) is 16.3. The highest BCUT2D eigenvalue weighted by atomic mass is 16.5. The van der Waals surface area contributed by atoms with Gasteiger partial charge in [-0.15, -0.1) is 0 Å². The van der Waals surface area contributed by atoms with Crippen LogP contribution in [-0.4, -0.2) is 18.9 Å². The van der Waals surface area contributed by atoms with E-state index in [1.807, 2.05) is 56.3 Å². The summed E-state index contributed by atoms with van der Waals surface area (Å²) < 4.78 is 4.99. The minimum atomic E-state index is -1.39. The fourth-order valence-corrected chi connectivity index (χ4v) is 4.18. The molecule has 0 spiro atoms. The van der Waals surface area contributed by atoms with Crippen LogP contribution in [0.5, 0.6) is 0 Å². The minimum Gasteiger partial charge on any atom is -0.466 e. The number of ketones is 1. The monoisotopic (exact) mass is 373 g/mol. The lowest BCUT2D eigenvalue weighted by atomic mass is 9.63. The number of carbonyl (C=O) groups excluding carboxylic acids is 2. The molecule has 4 heteroatoms. The molecule has 0 fully saturated rings. The lowest BCUT2D eigenvalue weighted by molar-refractivity contribution is -0.136. The van der Waals surface area contributed by atoms with Gasteiger partial charge in [-0.3, -0.25) is 4.79 Å². The van der Waals surface area contributed by atoms with Gasteiger partial charge < -0.3 is 4.74 Å². The zero-order valence-corrected chi connectivity index (χ0v) is 16.3. The molecule has 0 saturated carbocycles. The van der Waals surface area contributed by atoms with E-state index in [2.05, 4.69) is 6.07 Å². The van der Waals surface area contributed by atoms with Crippen LogP contribution in [0.25, 0.3) is 0 Å². The Labute approximate surface area is 165 Å². The van der Waals surface area contributed by atoms with E-state index in [9.17, 15) is 14.9 Å². The van der Waals surface area contributed by atoms with E-state index in [0.29, 0.717) is 17.6 Å². The van der Waals surface area contributed by atoms with E-state index in [0.717, 1.165) is 11.1 Å². The third kappa shape index (κ3) is 3.03. The number of aryl methyl sites for hydroxylation is 1. The van der Waals surface area contributed by atoms with Crippen LogP contribution in [0.15, 0.2) is 66.2 Å². The fraction of sp³-hybridized carbons (Fsp3) is 0.292. The van der Waals surface area contributed by atoms with Crippen molar-refractivity contribution in [2.45, 2.75) is 26.2 Å². The lowest BCUT2D eigenvalue weighted by Gasteiger charge is -2.34. The standard InChI is InChI=1S/C24H23NO3/c1-4-19-14-20(23(27)28-3)21(17-8-6-5-7-9-17)24(19,15-25)22(26)18-12-10-16(2)11-13-18/h5-14,19,21H,4H2,1-3H3. The van der Waals surface area contributed by atoms with E-state index in [1.54, 1.807) is 18.2 Å². The maximum absolute atomic E-state index is 13.7. The molecule has 1 aliphatic rings. The molecular weight excluding hydrogens is 350 g/mol. The Morgan fingerprint density at radius 2 is 1.75 bits per heavy atom. The van der Waals surface area contributed by atoms with Crippen LogP contribution in [0.2, 0.25) is 0 Å². The van der Waals surface area contributed by atoms with Gasteiger partial charge in [0.25, 0.3) is 0 Å². The van der Waals surface area contributed by atoms with Crippen LogP contribution >= 0.6 is 0 Å². The zero-order chi connectivity index (χ0) is 20.3. The highest BCUT2D eigenvalue weighted by molar-refractivity contribution is 6.06. The lowest BCUT2D eigenvalue weighted by Crippen LogP contribution is -2.40. The summed E-state index contributed by atoms with van der Waals surface area (Å²) in [5.74, 6) is -1.82. The van der Waals surface area contributed by atoms with Gasteiger partial charge in [-0.05, 0) is 18.9 Å². The number of ether oxygens (including phenoxy) is 1. The predicted octanol–water partition coefficient (Wildman–Crippen LogP) is 4.61. The van der Waals surface area contributed by atoms with E-state index in [1.165, 1.54) is 7.11 Å². The quantitative estimate of drug-likeness (QED) is 0.567. The highest BCUT2D eigenvalue weighted by Gasteiger charge is 2.58. The number of allylic oxidation sites excluding steroid dienone is 1. The van der Waals surface area contributed by atoms with Gasteiger partial charge in [0, 0.05) is 23.0 Å². The predicted molar refractivity (Wildman–Crippen MR) is 107 cm³/mol. The molecule has 2 aromatic rings. The number of benzene rings is 2. The Morgan fingerprint density at radius 3 is 2.29 bits per heavy atom. The van der Waals surface area contributed by atoms with Crippen LogP contribution in [0.1, 0.15) is 40.7 Å². The molecule has 0 bridgehead atoms. The van der Waals surface area contributed by atoms with Crippen molar-refractivity contribution in [1.29, 1.82) is 5.26 Å². The number of nitriles is 1. The van der Waals surface area contributed by atoms with Gasteiger partial charge in [-0.2, -0.15) is 5.26 Å². The van der Waals surface area contributed by atoms with Gasteiger partial charge in [0.2, 0.25) is 0 Å². The molecule has 0 aromatic heterocycles. The number of hydrogen-bond acceptors (Lipinski definition) is 4. The summed E-state index contributed by atoms with van der Waals surface area (Å²) in [5, 5.41) is 10.4. The minimum absolute atomic E-state index is 0.258. The van der Waals surface area contributed by atoms with Gasteiger partial charge in [-0.1, -0.05) is 73.2 Å². The smallest absolute Gasteiger partial charge is 0.334 e. The second kappa shape index (κ2) is 7.82. The number of methoxy groups -OCH3 is 1. The second-order valence-electron chi connectivity index (χ2n) is 7.15. The Bertz CT molecular complexity index is 954. The summed E-state index contributed by atoms with van der Waals surface area (Å²) in [6, 6.07) is 18.8. The van der Waals surface area contributed by atoms with Crippen LogP contribution in [0.3, 0.4) is 0 Å². The molecule has 0 saturated heterocycles. The Kier molecular flexibility index (Phi) is 5.46. The number of carbonyl (C=O) groups is 2. The molecule has 0 amide bonds. The van der Waals surface area contributed by atoms with E-state index < -0.39 is 17.3 Å². The first-order chi connectivity index (χ1) is 13.5. The average molecular weight is 373 g/mol. The summed E-state index contributed by atoms with van der Waals surface area (Å²) in [7, 11) is 1.32. The number of hydrogen-bond donors (Lipinski definition) is 0. The molecule has 3 rings (SSSR count). The fourth-order valence-electron chi connectivity index (χ4n) is 4.18. The van der Waals surface area contributed by atoms with Crippen molar-refractivity contribution >= 4 is 11.8 Å². The topological polar surface area (TPSA) is 67.2 Å². The van der Waals surface area contributed by atoms with Crippen LogP contribution in [0, 0.1) is 29.6 Å². The molecular formula is C24H23NO3. The first-order valence-electron chi connectivity index (χ1n) is 9.37. The van der Waals surface area contributed by atoms with Gasteiger partial charge in [-0.25, -0.2) is 4.79 Å². The first kappa shape index (κ1) is 19.6. The van der Waals surface area contributed by atoms with Gasteiger partial charge in [0.15, 0.2) is 5.78 Å². The maximum Gasteiger partial charge on any atom is 0.334 e. The summed E-state index contributed by atoms with van der Waals surface area (Å²) in [5.41, 5.74) is 1.26. The molecule has 2 aromatic carbocycles. The Hall–Kier alpha value is -3.19. The second-order valence-corrected chi connectivity index (χ2v) is 7.15. The van der Waals surface area contributed by atoms with E-state index in [-0.39, 0.29) is 11.7 Å². The molecule has 3 unspecified atom stereocenters. The van der Waals surface area contributed by atoms with Crippen molar-refractivity contribution in [1.82, 2.24) is 0 Å². The van der Waals surface area contributed by atoms with Crippen molar-refractivity contribution in [3.05, 3.63) is 82.9 Å². The van der Waals surface area contributed by atoms with Gasteiger partial charge >= 0.3 is 5.97 Å². The SMILES string of the molecule is CCC1C=C(C(=O)OC)C(c2ccccc2)C1(C#N)C(=O)c1ccc(C)cc1. The number of esters is 1. The van der Waals surface area contributed by atoms with Crippen LogP contribution < -0.4 is 0 Å². The molecule has 0 N–H and O–H groups in total. The average Bonchev–Trinajstić information content (AvgIpc) is 3.09. The normalized spacial score (nSPS) is 23.6. The van der Waals surface area contributed by atoms with Crippen molar-refractivity contribution < 1.29 is 14.3 Å². The summed E-state index contributed by atoms with van der Waals surface area (Å²) in [6.45, 7) is 3.88. The molecule has 4 nitrogen and oxygen atoms in total. The third-order valence-electron chi connectivity index (χ3n) is 5.60. The molecule has 0 radical (unpaired) electrons. The van der Waals surface area contributed by atoms with Crippen LogP contribution in [-0.2, 0) is 9.53 Å². The molecule has 1 aliphatic carbocycles. The van der Waals surface area contributed by atoms with Gasteiger partial charge in [0.05, 0.1) is 13.2 Å². The third-order valence-corrected chi connectivity index (χ3v) is 5.60. The van der Waals surface area contributed by atoms with Crippen molar-refractivity contribution in [3.63, 3.8) is 0 Å². The molecule has 0 heterocycles. The van der Waals surface area contributed by atoms with Crippen molar-refractivity contribution in [2.75, 3.05) is 7.11 Å². The summed E-state index contributed by atoms with van der Waals surface area (Å²) >= 11 is 0. The largest absolute Gasteiger partial charge is 0.466 e. The molecule has 142 valence electrons. The van der Waals surface area contributed by atoms with E-state index in [4.69, 9.17) is 4.74 Å². The Balaban J connectivity index is 2.23. The molecule has 3 atom stereocenters. The van der Waals surface area contributed by atoms with Gasteiger partial charge in [0.1, 0.15) is 5.41 Å². The highest BCUT2D eigenvalue weighted by Crippen LogP contribution is 2.55.